The van der Waals surface area contributed by atoms with Gasteiger partial charge in [-0.05, 0) is 24.6 Å². The zero-order valence-electron chi connectivity index (χ0n) is 8.86. The highest BCUT2D eigenvalue weighted by atomic mass is 35.5. The number of phenols is 1. The Bertz CT molecular complexity index is 398. The van der Waals surface area contributed by atoms with Crippen LogP contribution in [0.4, 0.5) is 4.39 Å². The molecular weight excluding hydrogens is 237 g/mol. The molecule has 0 saturated carbocycles. The molecule has 90 valence electrons. The third-order valence-electron chi connectivity index (χ3n) is 2.08. The first-order valence-corrected chi connectivity index (χ1v) is 4.29. The Morgan fingerprint density at radius 1 is 1.56 bits per heavy atom. The van der Waals surface area contributed by atoms with Crippen LogP contribution in [0.5, 0.6) is 5.75 Å². The summed E-state index contributed by atoms with van der Waals surface area (Å²) >= 11 is 0. The number of carbonyl (C=O) groups excluding carboxylic acids is 1. The summed E-state index contributed by atoms with van der Waals surface area (Å²) in [6.45, 7) is 1.52. The molecule has 0 spiro atoms. The lowest BCUT2D eigenvalue weighted by molar-refractivity contribution is -0.142. The highest BCUT2D eigenvalue weighted by molar-refractivity contribution is 5.85. The van der Waals surface area contributed by atoms with Gasteiger partial charge in [0.1, 0.15) is 17.6 Å². The SMILES string of the molecule is COC(=O)[C@@H](N)c1cc(F)cc(C)c1O.Cl. The summed E-state index contributed by atoms with van der Waals surface area (Å²) in [5, 5.41) is 9.58. The number of hydrogen-bond donors (Lipinski definition) is 2. The average molecular weight is 250 g/mol. The summed E-state index contributed by atoms with van der Waals surface area (Å²) < 4.78 is 17.4. The highest BCUT2D eigenvalue weighted by Gasteiger charge is 2.21. The minimum absolute atomic E-state index is 0. The fourth-order valence-electron chi connectivity index (χ4n) is 1.25. The molecule has 6 heteroatoms. The largest absolute Gasteiger partial charge is 0.507 e. The first-order chi connectivity index (χ1) is 6.97. The van der Waals surface area contributed by atoms with Gasteiger partial charge >= 0.3 is 5.97 Å². The van der Waals surface area contributed by atoms with Crippen LogP contribution in [-0.2, 0) is 9.53 Å². The van der Waals surface area contributed by atoms with Crippen LogP contribution in [0, 0.1) is 12.7 Å². The fourth-order valence-corrected chi connectivity index (χ4v) is 1.25. The molecule has 16 heavy (non-hydrogen) atoms. The van der Waals surface area contributed by atoms with E-state index in [-0.39, 0.29) is 23.7 Å². The van der Waals surface area contributed by atoms with Crippen LogP contribution in [0.3, 0.4) is 0 Å². The van der Waals surface area contributed by atoms with Gasteiger partial charge in [0.2, 0.25) is 0 Å². The molecule has 1 rings (SSSR count). The fraction of sp³-hybridized carbons (Fsp3) is 0.300. The molecular formula is C10H13ClFNO3. The molecule has 0 aliphatic heterocycles. The highest BCUT2D eigenvalue weighted by Crippen LogP contribution is 2.28. The Morgan fingerprint density at radius 3 is 2.62 bits per heavy atom. The second-order valence-corrected chi connectivity index (χ2v) is 3.16. The maximum absolute atomic E-state index is 13.0. The Hall–Kier alpha value is -1.33. The van der Waals surface area contributed by atoms with Crippen molar-refractivity contribution in [2.24, 2.45) is 5.73 Å². The van der Waals surface area contributed by atoms with Crippen LogP contribution in [0.2, 0.25) is 0 Å². The number of benzene rings is 1. The predicted octanol–water partition coefficient (Wildman–Crippen LogP) is 1.43. The first-order valence-electron chi connectivity index (χ1n) is 4.29. The number of aryl methyl sites for hydroxylation is 1. The lowest BCUT2D eigenvalue weighted by atomic mass is 10.0. The van der Waals surface area contributed by atoms with Crippen molar-refractivity contribution in [1.29, 1.82) is 0 Å². The van der Waals surface area contributed by atoms with Crippen LogP contribution in [-0.4, -0.2) is 18.2 Å². The average Bonchev–Trinajstić information content (AvgIpc) is 2.21. The van der Waals surface area contributed by atoms with Gasteiger partial charge in [-0.25, -0.2) is 4.39 Å². The second kappa shape index (κ2) is 5.67. The maximum Gasteiger partial charge on any atom is 0.327 e. The van der Waals surface area contributed by atoms with E-state index in [0.717, 1.165) is 12.1 Å². The van der Waals surface area contributed by atoms with Crippen molar-refractivity contribution < 1.29 is 19.0 Å². The molecule has 1 aromatic rings. The molecule has 0 saturated heterocycles. The van der Waals surface area contributed by atoms with E-state index in [4.69, 9.17) is 5.73 Å². The van der Waals surface area contributed by atoms with Crippen molar-refractivity contribution in [3.8, 4) is 5.75 Å². The molecule has 3 N–H and O–H groups in total. The van der Waals surface area contributed by atoms with Gasteiger partial charge in [0.05, 0.1) is 7.11 Å². The van der Waals surface area contributed by atoms with Gasteiger partial charge < -0.3 is 15.6 Å². The Labute approximate surface area is 98.6 Å². The zero-order valence-corrected chi connectivity index (χ0v) is 9.68. The quantitative estimate of drug-likeness (QED) is 0.778. The van der Waals surface area contributed by atoms with E-state index in [2.05, 4.69) is 4.74 Å². The monoisotopic (exact) mass is 249 g/mol. The maximum atomic E-state index is 13.0. The molecule has 0 amide bonds. The predicted molar refractivity (Wildman–Crippen MR) is 59.0 cm³/mol. The number of carbonyl (C=O) groups is 1. The Balaban J connectivity index is 0.00000225. The lowest BCUT2D eigenvalue weighted by Gasteiger charge is -2.12. The van der Waals surface area contributed by atoms with Crippen molar-refractivity contribution >= 4 is 18.4 Å². The zero-order chi connectivity index (χ0) is 11.6. The summed E-state index contributed by atoms with van der Waals surface area (Å²) in [5.41, 5.74) is 5.84. The number of methoxy groups -OCH3 is 1. The van der Waals surface area contributed by atoms with Gasteiger partial charge in [-0.1, -0.05) is 0 Å². The molecule has 0 unspecified atom stereocenters. The number of halogens is 2. The van der Waals surface area contributed by atoms with E-state index in [0.29, 0.717) is 5.56 Å². The smallest absolute Gasteiger partial charge is 0.327 e. The normalized spacial score (nSPS) is 11.5. The summed E-state index contributed by atoms with van der Waals surface area (Å²) in [6, 6.07) is 0.997. The lowest BCUT2D eigenvalue weighted by Crippen LogP contribution is -2.23. The third-order valence-corrected chi connectivity index (χ3v) is 2.08. The molecule has 1 atom stereocenters. The van der Waals surface area contributed by atoms with Gasteiger partial charge in [-0.2, -0.15) is 0 Å². The van der Waals surface area contributed by atoms with Crippen LogP contribution >= 0.6 is 12.4 Å². The molecule has 0 bridgehead atoms. The molecule has 0 aliphatic rings. The van der Waals surface area contributed by atoms with Gasteiger partial charge in [0.25, 0.3) is 0 Å². The molecule has 0 fully saturated rings. The van der Waals surface area contributed by atoms with Crippen LogP contribution < -0.4 is 5.73 Å². The van der Waals surface area contributed by atoms with Gasteiger partial charge in [-0.15, -0.1) is 12.4 Å². The molecule has 0 radical (unpaired) electrons. The van der Waals surface area contributed by atoms with E-state index in [1.807, 2.05) is 0 Å². The second-order valence-electron chi connectivity index (χ2n) is 3.16. The molecule has 0 heterocycles. The number of phenolic OH excluding ortho intramolecular Hbond substituents is 1. The number of nitrogens with two attached hydrogens (primary N) is 1. The number of rotatable bonds is 2. The van der Waals surface area contributed by atoms with Crippen molar-refractivity contribution in [2.45, 2.75) is 13.0 Å². The number of ether oxygens (including phenoxy) is 1. The first kappa shape index (κ1) is 14.7. The van der Waals surface area contributed by atoms with Gasteiger partial charge in [0.15, 0.2) is 0 Å². The van der Waals surface area contributed by atoms with E-state index in [9.17, 15) is 14.3 Å². The minimum atomic E-state index is -1.18. The van der Waals surface area contributed by atoms with E-state index < -0.39 is 17.8 Å². The number of hydrogen-bond acceptors (Lipinski definition) is 4. The van der Waals surface area contributed by atoms with Crippen molar-refractivity contribution in [1.82, 2.24) is 0 Å². The Kier molecular flexibility index (Phi) is 5.20. The van der Waals surface area contributed by atoms with Crippen LogP contribution in [0.1, 0.15) is 17.2 Å². The number of esters is 1. The molecule has 0 aliphatic carbocycles. The molecule has 0 aromatic heterocycles. The van der Waals surface area contributed by atoms with Crippen molar-refractivity contribution in [3.05, 3.63) is 29.1 Å². The summed E-state index contributed by atoms with van der Waals surface area (Å²) in [4.78, 5) is 11.1. The van der Waals surface area contributed by atoms with E-state index >= 15 is 0 Å². The summed E-state index contributed by atoms with van der Waals surface area (Å²) in [7, 11) is 1.17. The summed E-state index contributed by atoms with van der Waals surface area (Å²) in [5.74, 6) is -1.47. The van der Waals surface area contributed by atoms with Gasteiger partial charge in [-0.3, -0.25) is 4.79 Å². The molecule has 4 nitrogen and oxygen atoms in total. The Morgan fingerprint density at radius 2 is 2.12 bits per heavy atom. The van der Waals surface area contributed by atoms with Crippen LogP contribution in [0.25, 0.3) is 0 Å². The topological polar surface area (TPSA) is 72.5 Å². The number of aromatic hydroxyl groups is 1. The standard InChI is InChI=1S/C10H12FNO3.ClH/c1-5-3-6(11)4-7(9(5)13)8(12)10(14)15-2;/h3-4,8,13H,12H2,1-2H3;1H/t8-;/m0./s1. The summed E-state index contributed by atoms with van der Waals surface area (Å²) in [6.07, 6.45) is 0. The van der Waals surface area contributed by atoms with E-state index in [1.54, 1.807) is 0 Å². The van der Waals surface area contributed by atoms with Crippen molar-refractivity contribution in [3.63, 3.8) is 0 Å². The third kappa shape index (κ3) is 2.84. The van der Waals surface area contributed by atoms with E-state index in [1.165, 1.54) is 14.0 Å². The molecule has 1 aromatic carbocycles. The minimum Gasteiger partial charge on any atom is -0.507 e. The van der Waals surface area contributed by atoms with Crippen molar-refractivity contribution in [2.75, 3.05) is 7.11 Å². The van der Waals surface area contributed by atoms with Crippen LogP contribution in [0.15, 0.2) is 12.1 Å². The van der Waals surface area contributed by atoms with Gasteiger partial charge in [0, 0.05) is 5.56 Å².